The molecule has 0 amide bonds. The van der Waals surface area contributed by atoms with E-state index in [2.05, 4.69) is 46.0 Å². The molecule has 0 radical (unpaired) electrons. The first-order valence-electron chi connectivity index (χ1n) is 9.95. The van der Waals surface area contributed by atoms with Gasteiger partial charge in [0.1, 0.15) is 12.0 Å². The van der Waals surface area contributed by atoms with Crippen molar-refractivity contribution in [2.45, 2.75) is 83.0 Å². The maximum absolute atomic E-state index is 11.1. The van der Waals surface area contributed by atoms with E-state index in [1.807, 2.05) is 12.1 Å². The van der Waals surface area contributed by atoms with E-state index in [-0.39, 0.29) is 11.1 Å². The van der Waals surface area contributed by atoms with Gasteiger partial charge < -0.3 is 14.0 Å². The molecule has 3 nitrogen and oxygen atoms in total. The van der Waals surface area contributed by atoms with Crippen LogP contribution in [0.1, 0.15) is 64.4 Å². The Kier molecular flexibility index (Phi) is 7.09. The van der Waals surface area contributed by atoms with E-state index in [4.69, 9.17) is 9.16 Å². The molecule has 0 saturated heterocycles. The monoisotopic (exact) mass is 376 g/mol. The van der Waals surface area contributed by atoms with Crippen molar-refractivity contribution in [2.75, 3.05) is 7.11 Å². The van der Waals surface area contributed by atoms with Crippen LogP contribution in [0.5, 0.6) is 5.75 Å². The van der Waals surface area contributed by atoms with Gasteiger partial charge >= 0.3 is 0 Å². The second-order valence-electron chi connectivity index (χ2n) is 9.10. The molecule has 3 atom stereocenters. The van der Waals surface area contributed by atoms with Gasteiger partial charge in [0.15, 0.2) is 8.32 Å². The summed E-state index contributed by atoms with van der Waals surface area (Å²) in [6, 6.07) is 8.35. The Morgan fingerprint density at radius 2 is 1.88 bits per heavy atom. The lowest BCUT2D eigenvalue weighted by molar-refractivity contribution is -0.108. The Morgan fingerprint density at radius 3 is 2.50 bits per heavy atom. The molecule has 26 heavy (non-hydrogen) atoms. The van der Waals surface area contributed by atoms with Crippen LogP contribution >= 0.6 is 0 Å². The average molecular weight is 377 g/mol. The second kappa shape index (κ2) is 8.70. The Balaban J connectivity index is 2.32. The molecule has 1 saturated carbocycles. The summed E-state index contributed by atoms with van der Waals surface area (Å²) in [6.45, 7) is 11.5. The highest BCUT2D eigenvalue weighted by atomic mass is 28.4. The van der Waals surface area contributed by atoms with Gasteiger partial charge in [-0.25, -0.2) is 0 Å². The molecule has 0 bridgehead atoms. The number of para-hydroxylation sites is 1. The zero-order chi connectivity index (χ0) is 19.4. The van der Waals surface area contributed by atoms with E-state index in [9.17, 15) is 4.79 Å². The maximum atomic E-state index is 11.1. The smallest absolute Gasteiger partial charge is 0.192 e. The van der Waals surface area contributed by atoms with E-state index >= 15 is 0 Å². The summed E-state index contributed by atoms with van der Waals surface area (Å²) < 4.78 is 12.5. The van der Waals surface area contributed by atoms with Gasteiger partial charge in [0.25, 0.3) is 0 Å². The van der Waals surface area contributed by atoms with Crippen LogP contribution in [-0.4, -0.2) is 27.8 Å². The fraction of sp³-hybridized carbons (Fsp3) is 0.682. The zero-order valence-electron chi connectivity index (χ0n) is 17.4. The third-order valence-corrected chi connectivity index (χ3v) is 10.9. The summed E-state index contributed by atoms with van der Waals surface area (Å²) in [5.41, 5.74) is 1.27. The molecule has 1 aliphatic rings. The Morgan fingerprint density at radius 1 is 1.19 bits per heavy atom. The van der Waals surface area contributed by atoms with Crippen LogP contribution < -0.4 is 4.74 Å². The van der Waals surface area contributed by atoms with Crippen molar-refractivity contribution in [1.82, 2.24) is 0 Å². The normalized spacial score (nSPS) is 24.3. The quantitative estimate of drug-likeness (QED) is 0.436. The molecule has 146 valence electrons. The van der Waals surface area contributed by atoms with Crippen molar-refractivity contribution < 1.29 is 14.0 Å². The molecule has 2 rings (SSSR count). The number of carbonyl (C=O) groups excluding carboxylic acids is 1. The number of benzene rings is 1. The van der Waals surface area contributed by atoms with E-state index in [1.165, 1.54) is 12.0 Å². The molecule has 0 aliphatic heterocycles. The van der Waals surface area contributed by atoms with Crippen molar-refractivity contribution in [3.05, 3.63) is 29.8 Å². The molecule has 1 aromatic carbocycles. The SMILES string of the molecule is COc1ccccc1[C@H]1CCC[C@H](O[Si](C)(C)C(C)(C)C)[C@@H]1CCC=O. The number of hydrogen-bond donors (Lipinski definition) is 0. The summed E-state index contributed by atoms with van der Waals surface area (Å²) in [6.07, 6.45) is 6.19. The van der Waals surface area contributed by atoms with E-state index in [0.717, 1.165) is 31.3 Å². The molecule has 0 spiro atoms. The maximum Gasteiger partial charge on any atom is 0.192 e. The molecule has 0 aromatic heterocycles. The van der Waals surface area contributed by atoms with Gasteiger partial charge in [-0.15, -0.1) is 0 Å². The van der Waals surface area contributed by atoms with Crippen molar-refractivity contribution in [2.24, 2.45) is 5.92 Å². The fourth-order valence-corrected chi connectivity index (χ4v) is 5.34. The second-order valence-corrected chi connectivity index (χ2v) is 13.9. The molecule has 0 N–H and O–H groups in total. The predicted octanol–water partition coefficient (Wildman–Crippen LogP) is 5.95. The van der Waals surface area contributed by atoms with Gasteiger partial charge in [-0.1, -0.05) is 45.4 Å². The molecule has 0 unspecified atom stereocenters. The molecule has 0 heterocycles. The topological polar surface area (TPSA) is 35.5 Å². The van der Waals surface area contributed by atoms with Crippen molar-refractivity contribution in [3.8, 4) is 5.75 Å². The molecular formula is C22H36O3Si. The van der Waals surface area contributed by atoms with Crippen molar-refractivity contribution in [1.29, 1.82) is 0 Å². The van der Waals surface area contributed by atoms with Crippen LogP contribution in [0.3, 0.4) is 0 Å². The van der Waals surface area contributed by atoms with Gasteiger partial charge in [-0.2, -0.15) is 0 Å². The van der Waals surface area contributed by atoms with Crippen LogP contribution in [0.4, 0.5) is 0 Å². The minimum atomic E-state index is -1.85. The number of rotatable bonds is 7. The predicted molar refractivity (Wildman–Crippen MR) is 110 cm³/mol. The van der Waals surface area contributed by atoms with Crippen LogP contribution in [0.25, 0.3) is 0 Å². The number of carbonyl (C=O) groups is 1. The standard InChI is InChI=1S/C22H36O3Si/c1-22(2,3)26(5,6)25-21-15-9-12-17(19(21)13-10-16-23)18-11-7-8-14-20(18)24-4/h7-8,11,14,16-17,19,21H,9-10,12-13,15H2,1-6H3/t17-,19-,21+/m1/s1. The van der Waals surface area contributed by atoms with Gasteiger partial charge in [0.05, 0.1) is 7.11 Å². The van der Waals surface area contributed by atoms with Crippen LogP contribution in [0.2, 0.25) is 18.1 Å². The molecular weight excluding hydrogens is 340 g/mol. The zero-order valence-corrected chi connectivity index (χ0v) is 18.4. The van der Waals surface area contributed by atoms with Crippen LogP contribution in [-0.2, 0) is 9.22 Å². The minimum Gasteiger partial charge on any atom is -0.496 e. The lowest BCUT2D eigenvalue weighted by Gasteiger charge is -2.45. The minimum absolute atomic E-state index is 0.194. The average Bonchev–Trinajstić information content (AvgIpc) is 2.59. The highest BCUT2D eigenvalue weighted by Gasteiger charge is 2.43. The first kappa shape index (κ1) is 21.2. The third-order valence-electron chi connectivity index (χ3n) is 6.41. The van der Waals surface area contributed by atoms with E-state index in [1.54, 1.807) is 7.11 Å². The number of methoxy groups -OCH3 is 1. The lowest BCUT2D eigenvalue weighted by Crippen LogP contribution is -2.47. The Hall–Kier alpha value is -1.13. The first-order valence-corrected chi connectivity index (χ1v) is 12.9. The summed E-state index contributed by atoms with van der Waals surface area (Å²) in [7, 11) is -0.104. The van der Waals surface area contributed by atoms with E-state index in [0.29, 0.717) is 18.3 Å². The number of aldehydes is 1. The highest BCUT2D eigenvalue weighted by molar-refractivity contribution is 6.74. The molecule has 1 aromatic rings. The summed E-state index contributed by atoms with van der Waals surface area (Å²) in [5, 5.41) is 0.194. The van der Waals surface area contributed by atoms with Gasteiger partial charge in [0.2, 0.25) is 0 Å². The number of hydrogen-bond acceptors (Lipinski definition) is 3. The molecule has 4 heteroatoms. The van der Waals surface area contributed by atoms with Crippen LogP contribution in [0.15, 0.2) is 24.3 Å². The van der Waals surface area contributed by atoms with Crippen molar-refractivity contribution >= 4 is 14.6 Å². The third kappa shape index (κ3) is 4.77. The number of ether oxygens (including phenoxy) is 1. The molecule has 1 fully saturated rings. The van der Waals surface area contributed by atoms with Crippen molar-refractivity contribution in [3.63, 3.8) is 0 Å². The van der Waals surface area contributed by atoms with Gasteiger partial charge in [-0.05, 0) is 60.9 Å². The van der Waals surface area contributed by atoms with Gasteiger partial charge in [-0.3, -0.25) is 0 Å². The first-order chi connectivity index (χ1) is 12.2. The fourth-order valence-electron chi connectivity index (χ4n) is 3.93. The van der Waals surface area contributed by atoms with Crippen LogP contribution in [0, 0.1) is 5.92 Å². The largest absolute Gasteiger partial charge is 0.496 e. The van der Waals surface area contributed by atoms with E-state index < -0.39 is 8.32 Å². The Bertz CT molecular complexity index is 591. The Labute approximate surface area is 160 Å². The highest BCUT2D eigenvalue weighted by Crippen LogP contribution is 2.47. The summed E-state index contributed by atoms with van der Waals surface area (Å²) >= 11 is 0. The summed E-state index contributed by atoms with van der Waals surface area (Å²) in [4.78, 5) is 11.1. The lowest BCUT2D eigenvalue weighted by atomic mass is 9.71. The summed E-state index contributed by atoms with van der Waals surface area (Å²) in [5.74, 6) is 1.73. The molecule has 1 aliphatic carbocycles. The van der Waals surface area contributed by atoms with Gasteiger partial charge in [0, 0.05) is 12.5 Å².